The lowest BCUT2D eigenvalue weighted by Gasteiger charge is -2.04. The number of hydrogen-bond donors (Lipinski definition) is 3. The number of nitrogens with two attached hydrogens (primary N) is 2. The average molecular weight is 465 g/mol. The third-order valence-corrected chi connectivity index (χ3v) is 3.67. The van der Waals surface area contributed by atoms with Gasteiger partial charge < -0.3 is 16.8 Å². The standard InChI is InChI=1S/C18H23N7.HI/c1-3-10-22-18(21)23-11-4-5-16-15(12-19)17(20)25(24-16)14-8-6-13(2)7-9-14;/h3,6-9H,1,4-5,10-11,20H2,2H3,(H3,21,22,23);1H. The van der Waals surface area contributed by atoms with E-state index in [4.69, 9.17) is 11.5 Å². The second-order valence-electron chi connectivity index (χ2n) is 5.61. The summed E-state index contributed by atoms with van der Waals surface area (Å²) in [6.45, 7) is 6.73. The van der Waals surface area contributed by atoms with E-state index in [-0.39, 0.29) is 24.0 Å². The first-order valence-electron chi connectivity index (χ1n) is 8.06. The highest BCUT2D eigenvalue weighted by molar-refractivity contribution is 14.0. The number of anilines is 1. The molecule has 7 nitrogen and oxygen atoms in total. The number of aryl methyl sites for hydroxylation is 2. The van der Waals surface area contributed by atoms with E-state index in [1.54, 1.807) is 10.8 Å². The number of nitrogens with one attached hydrogen (secondary N) is 1. The number of nitrogen functional groups attached to an aromatic ring is 1. The van der Waals surface area contributed by atoms with Crippen molar-refractivity contribution in [2.45, 2.75) is 19.8 Å². The normalized spacial score (nSPS) is 10.7. The summed E-state index contributed by atoms with van der Waals surface area (Å²) in [5.74, 6) is 0.738. The Balaban J connectivity index is 0.00000338. The molecule has 0 unspecified atom stereocenters. The van der Waals surface area contributed by atoms with Crippen molar-refractivity contribution in [3.8, 4) is 11.8 Å². The van der Waals surface area contributed by atoms with Crippen molar-refractivity contribution in [2.75, 3.05) is 18.8 Å². The van der Waals surface area contributed by atoms with Crippen LogP contribution >= 0.6 is 24.0 Å². The summed E-state index contributed by atoms with van der Waals surface area (Å²) in [5, 5.41) is 16.8. The summed E-state index contributed by atoms with van der Waals surface area (Å²) in [6, 6.07) is 9.98. The smallest absolute Gasteiger partial charge is 0.188 e. The van der Waals surface area contributed by atoms with Crippen LogP contribution in [0.3, 0.4) is 0 Å². The van der Waals surface area contributed by atoms with E-state index in [1.807, 2.05) is 31.2 Å². The summed E-state index contributed by atoms with van der Waals surface area (Å²) in [4.78, 5) is 4.22. The number of aliphatic imine (C=N–C) groups is 1. The van der Waals surface area contributed by atoms with Crippen LogP contribution in [0.25, 0.3) is 5.69 Å². The first kappa shape index (κ1) is 21.5. The molecular formula is C18H24IN7. The van der Waals surface area contributed by atoms with E-state index in [9.17, 15) is 5.26 Å². The van der Waals surface area contributed by atoms with Gasteiger partial charge in [-0.05, 0) is 31.9 Å². The van der Waals surface area contributed by atoms with E-state index in [0.717, 1.165) is 17.7 Å². The highest BCUT2D eigenvalue weighted by Crippen LogP contribution is 2.21. The van der Waals surface area contributed by atoms with E-state index < -0.39 is 0 Å². The molecule has 5 N–H and O–H groups in total. The summed E-state index contributed by atoms with van der Waals surface area (Å²) in [6.07, 6.45) is 3.03. The van der Waals surface area contributed by atoms with Gasteiger partial charge in [-0.1, -0.05) is 23.8 Å². The van der Waals surface area contributed by atoms with Crippen LogP contribution in [0.5, 0.6) is 0 Å². The Morgan fingerprint density at radius 1 is 1.42 bits per heavy atom. The van der Waals surface area contributed by atoms with Crippen molar-refractivity contribution in [1.82, 2.24) is 15.1 Å². The fraction of sp³-hybridized carbons (Fsp3) is 0.278. The predicted octanol–water partition coefficient (Wildman–Crippen LogP) is 2.28. The van der Waals surface area contributed by atoms with Crippen LogP contribution in [0.1, 0.15) is 23.2 Å². The van der Waals surface area contributed by atoms with Gasteiger partial charge in [0.25, 0.3) is 0 Å². The summed E-state index contributed by atoms with van der Waals surface area (Å²) < 4.78 is 1.61. The third-order valence-electron chi connectivity index (χ3n) is 3.67. The molecule has 0 saturated heterocycles. The number of rotatable bonds is 7. The van der Waals surface area contributed by atoms with Gasteiger partial charge in [-0.25, -0.2) is 4.68 Å². The molecule has 8 heteroatoms. The number of aromatic nitrogens is 2. The molecule has 26 heavy (non-hydrogen) atoms. The fourth-order valence-electron chi connectivity index (χ4n) is 2.34. The topological polar surface area (TPSA) is 118 Å². The van der Waals surface area contributed by atoms with Crippen LogP contribution in [-0.4, -0.2) is 28.8 Å². The highest BCUT2D eigenvalue weighted by atomic mass is 127. The zero-order chi connectivity index (χ0) is 18.2. The molecular weight excluding hydrogens is 441 g/mol. The monoisotopic (exact) mass is 465 g/mol. The molecule has 0 aliphatic carbocycles. The van der Waals surface area contributed by atoms with Crippen LogP contribution in [-0.2, 0) is 6.42 Å². The molecule has 1 heterocycles. The van der Waals surface area contributed by atoms with Crippen molar-refractivity contribution >= 4 is 35.8 Å². The number of hydrogen-bond acceptors (Lipinski definition) is 4. The molecule has 0 atom stereocenters. The molecule has 0 aliphatic rings. The molecule has 0 amide bonds. The second-order valence-corrected chi connectivity index (χ2v) is 5.61. The Labute approximate surface area is 170 Å². The number of nitriles is 1. The van der Waals surface area contributed by atoms with E-state index in [2.05, 4.69) is 28.1 Å². The Morgan fingerprint density at radius 3 is 2.73 bits per heavy atom. The van der Waals surface area contributed by atoms with Gasteiger partial charge in [0.1, 0.15) is 17.5 Å². The van der Waals surface area contributed by atoms with E-state index in [1.165, 1.54) is 0 Å². The maximum Gasteiger partial charge on any atom is 0.188 e. The number of benzene rings is 1. The molecule has 0 aliphatic heterocycles. The van der Waals surface area contributed by atoms with Crippen LogP contribution in [0, 0.1) is 18.3 Å². The molecule has 0 spiro atoms. The molecule has 138 valence electrons. The van der Waals surface area contributed by atoms with Crippen LogP contribution in [0.4, 0.5) is 5.82 Å². The minimum absolute atomic E-state index is 0. The number of nitrogens with zero attached hydrogens (tertiary/aromatic N) is 4. The lowest BCUT2D eigenvalue weighted by Crippen LogP contribution is -2.31. The van der Waals surface area contributed by atoms with E-state index >= 15 is 0 Å². The van der Waals surface area contributed by atoms with Gasteiger partial charge in [-0.15, -0.1) is 30.6 Å². The molecule has 0 radical (unpaired) electrons. The SMILES string of the molecule is C=CCNC(N)=NCCCc1nn(-c2ccc(C)cc2)c(N)c1C#N.I. The van der Waals surface area contributed by atoms with Gasteiger partial charge in [0, 0.05) is 13.1 Å². The van der Waals surface area contributed by atoms with Crippen LogP contribution in [0.15, 0.2) is 41.9 Å². The Kier molecular flexibility index (Phi) is 8.64. The minimum atomic E-state index is 0. The second kappa shape index (κ2) is 10.5. The highest BCUT2D eigenvalue weighted by Gasteiger charge is 2.16. The third kappa shape index (κ3) is 5.49. The molecule has 2 rings (SSSR count). The maximum atomic E-state index is 9.40. The van der Waals surface area contributed by atoms with Crippen LogP contribution in [0.2, 0.25) is 0 Å². The Hall–Kier alpha value is -2.54. The van der Waals surface area contributed by atoms with Gasteiger partial charge in [-0.3, -0.25) is 4.99 Å². The molecule has 0 saturated carbocycles. The predicted molar refractivity (Wildman–Crippen MR) is 116 cm³/mol. The lowest BCUT2D eigenvalue weighted by molar-refractivity contribution is 0.773. The molecule has 1 aromatic carbocycles. The summed E-state index contributed by atoms with van der Waals surface area (Å²) >= 11 is 0. The Morgan fingerprint density at radius 2 is 2.12 bits per heavy atom. The summed E-state index contributed by atoms with van der Waals surface area (Å²) in [5.41, 5.74) is 14.9. The van der Waals surface area contributed by atoms with Gasteiger partial charge in [-0.2, -0.15) is 10.4 Å². The van der Waals surface area contributed by atoms with Gasteiger partial charge in [0.05, 0.1) is 11.4 Å². The molecule has 0 bridgehead atoms. The largest absolute Gasteiger partial charge is 0.382 e. The minimum Gasteiger partial charge on any atom is -0.382 e. The molecule has 2 aromatic rings. The Bertz CT molecular complexity index is 800. The van der Waals surface area contributed by atoms with Crippen molar-refractivity contribution < 1.29 is 0 Å². The quantitative estimate of drug-likeness (QED) is 0.191. The first-order valence-corrected chi connectivity index (χ1v) is 8.06. The van der Waals surface area contributed by atoms with E-state index in [0.29, 0.717) is 42.5 Å². The maximum absolute atomic E-state index is 9.40. The average Bonchev–Trinajstić information content (AvgIpc) is 2.93. The van der Waals surface area contributed by atoms with Crippen LogP contribution < -0.4 is 16.8 Å². The van der Waals surface area contributed by atoms with Crippen molar-refractivity contribution in [1.29, 1.82) is 5.26 Å². The van der Waals surface area contributed by atoms with Crippen molar-refractivity contribution in [3.63, 3.8) is 0 Å². The fourth-order valence-corrected chi connectivity index (χ4v) is 2.34. The number of guanidine groups is 1. The zero-order valence-corrected chi connectivity index (χ0v) is 17.1. The van der Waals surface area contributed by atoms with Crippen molar-refractivity contribution in [2.24, 2.45) is 10.7 Å². The van der Waals surface area contributed by atoms with Gasteiger partial charge in [0.2, 0.25) is 0 Å². The molecule has 0 fully saturated rings. The van der Waals surface area contributed by atoms with Crippen molar-refractivity contribution in [3.05, 3.63) is 53.7 Å². The van der Waals surface area contributed by atoms with Gasteiger partial charge in [0.15, 0.2) is 5.96 Å². The molecule has 1 aromatic heterocycles. The first-order chi connectivity index (χ1) is 12.1. The zero-order valence-electron chi connectivity index (χ0n) is 14.8. The van der Waals surface area contributed by atoms with Gasteiger partial charge >= 0.3 is 0 Å². The lowest BCUT2D eigenvalue weighted by atomic mass is 10.1. The summed E-state index contributed by atoms with van der Waals surface area (Å²) in [7, 11) is 0. The number of halogens is 1.